The number of hydrogen-bond donors (Lipinski definition) is 1. The van der Waals surface area contributed by atoms with Crippen LogP contribution in [0, 0.1) is 17.1 Å². The molecular formula is C13H9FN2O2. The van der Waals surface area contributed by atoms with E-state index in [1.165, 1.54) is 22.8 Å². The minimum absolute atomic E-state index is 0.123. The summed E-state index contributed by atoms with van der Waals surface area (Å²) in [6.45, 7) is 0.209. The maximum atomic E-state index is 13.2. The lowest BCUT2D eigenvalue weighted by Crippen LogP contribution is -2.08. The van der Waals surface area contributed by atoms with Crippen LogP contribution in [0.5, 0.6) is 0 Å². The Labute approximate surface area is 103 Å². The average molecular weight is 244 g/mol. The normalized spacial score (nSPS) is 10.0. The van der Waals surface area contributed by atoms with Gasteiger partial charge in [0.1, 0.15) is 11.5 Å². The Morgan fingerprint density at radius 3 is 2.89 bits per heavy atom. The molecular weight excluding hydrogens is 235 g/mol. The van der Waals surface area contributed by atoms with Crippen LogP contribution in [0.15, 0.2) is 36.5 Å². The standard InChI is InChI=1S/C13H9FN2O2/c14-11-5-9(7-15)4-10(6-11)8-16-3-1-2-12(16)13(17)18/h1-6H,8H2,(H,17,18). The third-order valence-electron chi connectivity index (χ3n) is 2.49. The van der Waals surface area contributed by atoms with Crippen molar-refractivity contribution in [2.24, 2.45) is 0 Å². The predicted molar refractivity (Wildman–Crippen MR) is 61.6 cm³/mol. The number of nitrogens with zero attached hydrogens (tertiary/aromatic N) is 2. The van der Waals surface area contributed by atoms with Gasteiger partial charge in [-0.2, -0.15) is 5.26 Å². The third kappa shape index (κ3) is 2.38. The zero-order valence-electron chi connectivity index (χ0n) is 9.30. The highest BCUT2D eigenvalue weighted by atomic mass is 19.1. The maximum Gasteiger partial charge on any atom is 0.352 e. The van der Waals surface area contributed by atoms with Gasteiger partial charge in [-0.05, 0) is 35.9 Å². The van der Waals surface area contributed by atoms with Gasteiger partial charge in [0.2, 0.25) is 0 Å². The number of hydrogen-bond acceptors (Lipinski definition) is 2. The number of benzene rings is 1. The number of aromatic carboxylic acids is 1. The largest absolute Gasteiger partial charge is 0.477 e. The van der Waals surface area contributed by atoms with Crippen molar-refractivity contribution < 1.29 is 14.3 Å². The van der Waals surface area contributed by atoms with Crippen LogP contribution in [-0.2, 0) is 6.54 Å². The number of aromatic nitrogens is 1. The number of carbonyl (C=O) groups is 1. The van der Waals surface area contributed by atoms with E-state index in [0.29, 0.717) is 5.56 Å². The summed E-state index contributed by atoms with van der Waals surface area (Å²) >= 11 is 0. The topological polar surface area (TPSA) is 66.0 Å². The second-order valence-electron chi connectivity index (χ2n) is 3.79. The van der Waals surface area contributed by atoms with Crippen LogP contribution in [0.4, 0.5) is 4.39 Å². The molecule has 0 radical (unpaired) electrons. The van der Waals surface area contributed by atoms with E-state index in [0.717, 1.165) is 6.07 Å². The molecule has 0 spiro atoms. The van der Waals surface area contributed by atoms with E-state index in [2.05, 4.69) is 0 Å². The van der Waals surface area contributed by atoms with Gasteiger partial charge in [0.25, 0.3) is 0 Å². The summed E-state index contributed by atoms with van der Waals surface area (Å²) in [5.41, 5.74) is 0.886. The first-order valence-electron chi connectivity index (χ1n) is 5.18. The SMILES string of the molecule is N#Cc1cc(F)cc(Cn2cccc2C(=O)O)c1. The van der Waals surface area contributed by atoms with E-state index in [1.807, 2.05) is 6.07 Å². The zero-order valence-corrected chi connectivity index (χ0v) is 9.30. The average Bonchev–Trinajstić information content (AvgIpc) is 2.76. The Morgan fingerprint density at radius 2 is 2.22 bits per heavy atom. The van der Waals surface area contributed by atoms with E-state index in [1.54, 1.807) is 12.3 Å². The summed E-state index contributed by atoms with van der Waals surface area (Å²) in [7, 11) is 0. The van der Waals surface area contributed by atoms with Crippen molar-refractivity contribution in [1.82, 2.24) is 4.57 Å². The molecule has 0 aliphatic heterocycles. The summed E-state index contributed by atoms with van der Waals surface area (Å²) in [5.74, 6) is -1.55. The molecule has 18 heavy (non-hydrogen) atoms. The van der Waals surface area contributed by atoms with Crippen LogP contribution in [0.25, 0.3) is 0 Å². The maximum absolute atomic E-state index is 13.2. The Bertz CT molecular complexity index is 641. The number of halogens is 1. The van der Waals surface area contributed by atoms with Crippen LogP contribution in [0.2, 0.25) is 0 Å². The highest BCUT2D eigenvalue weighted by Crippen LogP contribution is 2.12. The van der Waals surface area contributed by atoms with Crippen molar-refractivity contribution >= 4 is 5.97 Å². The molecule has 0 amide bonds. The van der Waals surface area contributed by atoms with Crippen molar-refractivity contribution in [2.45, 2.75) is 6.54 Å². The van der Waals surface area contributed by atoms with Crippen molar-refractivity contribution in [2.75, 3.05) is 0 Å². The van der Waals surface area contributed by atoms with Gasteiger partial charge in [-0.1, -0.05) is 0 Å². The van der Waals surface area contributed by atoms with Gasteiger partial charge in [-0.25, -0.2) is 9.18 Å². The molecule has 1 N–H and O–H groups in total. The van der Waals surface area contributed by atoms with Crippen LogP contribution in [0.1, 0.15) is 21.6 Å². The molecule has 2 rings (SSSR count). The van der Waals surface area contributed by atoms with Gasteiger partial charge < -0.3 is 9.67 Å². The fraction of sp³-hybridized carbons (Fsp3) is 0.0769. The van der Waals surface area contributed by atoms with Crippen molar-refractivity contribution in [3.05, 3.63) is 59.2 Å². The van der Waals surface area contributed by atoms with Crippen LogP contribution < -0.4 is 0 Å². The first kappa shape index (κ1) is 11.9. The Balaban J connectivity index is 2.34. The minimum Gasteiger partial charge on any atom is -0.477 e. The van der Waals surface area contributed by atoms with Crippen molar-refractivity contribution in [3.8, 4) is 6.07 Å². The van der Waals surface area contributed by atoms with E-state index in [4.69, 9.17) is 10.4 Å². The Kier molecular flexibility index (Phi) is 3.11. The molecule has 2 aromatic rings. The fourth-order valence-corrected chi connectivity index (χ4v) is 1.75. The van der Waals surface area contributed by atoms with Crippen molar-refractivity contribution in [1.29, 1.82) is 5.26 Å². The second-order valence-corrected chi connectivity index (χ2v) is 3.79. The molecule has 1 heterocycles. The molecule has 1 aromatic heterocycles. The molecule has 0 aliphatic carbocycles. The van der Waals surface area contributed by atoms with E-state index >= 15 is 0 Å². The molecule has 5 heteroatoms. The van der Waals surface area contributed by atoms with Gasteiger partial charge >= 0.3 is 5.97 Å². The van der Waals surface area contributed by atoms with Gasteiger partial charge in [0.05, 0.1) is 11.6 Å². The smallest absolute Gasteiger partial charge is 0.352 e. The Hall–Kier alpha value is -2.61. The van der Waals surface area contributed by atoms with E-state index in [-0.39, 0.29) is 17.8 Å². The van der Waals surface area contributed by atoms with Gasteiger partial charge in [0.15, 0.2) is 0 Å². The minimum atomic E-state index is -1.04. The molecule has 1 aromatic carbocycles. The Morgan fingerprint density at radius 1 is 1.44 bits per heavy atom. The fourth-order valence-electron chi connectivity index (χ4n) is 1.75. The molecule has 0 bridgehead atoms. The number of carboxylic acid groups (broad SMARTS) is 1. The third-order valence-corrected chi connectivity index (χ3v) is 2.49. The van der Waals surface area contributed by atoms with Gasteiger partial charge in [-0.15, -0.1) is 0 Å². The van der Waals surface area contributed by atoms with E-state index < -0.39 is 11.8 Å². The quantitative estimate of drug-likeness (QED) is 0.900. The summed E-state index contributed by atoms with van der Waals surface area (Å²) in [5, 5.41) is 17.7. The number of rotatable bonds is 3. The summed E-state index contributed by atoms with van der Waals surface area (Å²) < 4.78 is 14.7. The first-order valence-corrected chi connectivity index (χ1v) is 5.18. The molecule has 0 saturated heterocycles. The molecule has 0 unspecified atom stereocenters. The van der Waals surface area contributed by atoms with Crippen molar-refractivity contribution in [3.63, 3.8) is 0 Å². The lowest BCUT2D eigenvalue weighted by Gasteiger charge is -2.07. The van der Waals surface area contributed by atoms with Crippen LogP contribution in [-0.4, -0.2) is 15.6 Å². The molecule has 0 fully saturated rings. The highest BCUT2D eigenvalue weighted by Gasteiger charge is 2.09. The van der Waals surface area contributed by atoms with Crippen LogP contribution >= 0.6 is 0 Å². The number of carboxylic acids is 1. The zero-order chi connectivity index (χ0) is 13.1. The second kappa shape index (κ2) is 4.72. The molecule has 4 nitrogen and oxygen atoms in total. The summed E-state index contributed by atoms with van der Waals surface area (Å²) in [6, 6.07) is 8.89. The van der Waals surface area contributed by atoms with Gasteiger partial charge in [0, 0.05) is 12.7 Å². The molecule has 0 atom stereocenters. The lowest BCUT2D eigenvalue weighted by atomic mass is 10.1. The lowest BCUT2D eigenvalue weighted by molar-refractivity contribution is 0.0685. The number of nitriles is 1. The first-order chi connectivity index (χ1) is 8.60. The molecule has 90 valence electrons. The van der Waals surface area contributed by atoms with Crippen LogP contribution in [0.3, 0.4) is 0 Å². The predicted octanol–water partition coefficient (Wildman–Crippen LogP) is 2.25. The molecule has 0 aliphatic rings. The summed E-state index contributed by atoms with van der Waals surface area (Å²) in [6.07, 6.45) is 1.60. The molecule has 0 saturated carbocycles. The highest BCUT2D eigenvalue weighted by molar-refractivity contribution is 5.85. The summed E-state index contributed by atoms with van der Waals surface area (Å²) in [4.78, 5) is 10.9. The monoisotopic (exact) mass is 244 g/mol. The van der Waals surface area contributed by atoms with E-state index in [9.17, 15) is 9.18 Å². The van der Waals surface area contributed by atoms with Gasteiger partial charge in [-0.3, -0.25) is 0 Å².